The number of nitrogens with two attached hydrogens (primary N) is 1. The molecule has 2 rings (SSSR count). The van der Waals surface area contributed by atoms with Crippen molar-refractivity contribution in [1.29, 1.82) is 0 Å². The van der Waals surface area contributed by atoms with Crippen LogP contribution < -0.4 is 5.73 Å². The number of hydrogen-bond acceptors (Lipinski definition) is 5. The number of benzene rings is 1. The molecule has 1 aromatic carbocycles. The van der Waals surface area contributed by atoms with Gasteiger partial charge in [0.15, 0.2) is 0 Å². The molecule has 2 aromatic rings. The zero-order valence-electron chi connectivity index (χ0n) is 10.8. The minimum atomic E-state index is -0.462. The molecule has 5 nitrogen and oxygen atoms in total. The molecule has 0 aliphatic rings. The fourth-order valence-electron chi connectivity index (χ4n) is 1.71. The Balaban J connectivity index is 2.55. The highest BCUT2D eigenvalue weighted by Gasteiger charge is 2.23. The maximum Gasteiger partial charge on any atom is 0.344 e. The lowest BCUT2D eigenvalue weighted by Crippen LogP contribution is -2.07. The summed E-state index contributed by atoms with van der Waals surface area (Å²) in [4.78, 5) is 11.8. The Morgan fingerprint density at radius 2 is 2.11 bits per heavy atom. The molecular formula is C13H15N3O2S. The summed E-state index contributed by atoms with van der Waals surface area (Å²) in [6, 6.07) is 9.45. The van der Waals surface area contributed by atoms with Crippen LogP contribution in [0.15, 0.2) is 35.4 Å². The molecule has 1 aromatic heterocycles. The molecule has 0 spiro atoms. The molecular weight excluding hydrogens is 262 g/mol. The number of hydrogen-bond donors (Lipinski definition) is 1. The Labute approximate surface area is 115 Å². The van der Waals surface area contributed by atoms with E-state index in [0.717, 1.165) is 11.4 Å². The largest absolute Gasteiger partial charge is 0.465 e. The summed E-state index contributed by atoms with van der Waals surface area (Å²) in [5.74, 6) is 0.638. The van der Waals surface area contributed by atoms with Crippen LogP contribution in [-0.2, 0) is 4.74 Å². The first-order valence-electron chi connectivity index (χ1n) is 5.84. The number of esters is 1. The van der Waals surface area contributed by atoms with Crippen molar-refractivity contribution in [2.24, 2.45) is 0 Å². The number of nitrogens with zero attached hydrogens (tertiary/aromatic N) is 2. The monoisotopic (exact) mass is 277 g/mol. The lowest BCUT2D eigenvalue weighted by Gasteiger charge is -2.03. The first kappa shape index (κ1) is 13.5. The molecule has 0 saturated heterocycles. The summed E-state index contributed by atoms with van der Waals surface area (Å²) in [6.07, 6.45) is 0. The molecule has 0 aliphatic carbocycles. The van der Waals surface area contributed by atoms with E-state index in [0.29, 0.717) is 16.4 Å². The molecule has 0 radical (unpaired) electrons. The zero-order valence-corrected chi connectivity index (χ0v) is 11.6. The number of carbonyl (C=O) groups is 1. The van der Waals surface area contributed by atoms with Crippen molar-refractivity contribution >= 4 is 23.5 Å². The number of rotatable bonds is 4. The van der Waals surface area contributed by atoms with E-state index in [-0.39, 0.29) is 0 Å². The van der Waals surface area contributed by atoms with Gasteiger partial charge in [-0.2, -0.15) is 5.10 Å². The minimum Gasteiger partial charge on any atom is -0.465 e. The summed E-state index contributed by atoms with van der Waals surface area (Å²) < 4.78 is 6.33. The molecule has 0 fully saturated rings. The van der Waals surface area contributed by atoms with Crippen LogP contribution in [-0.4, -0.2) is 28.6 Å². The van der Waals surface area contributed by atoms with Crippen LogP contribution in [0.5, 0.6) is 0 Å². The SMILES string of the molecule is CCSc1nn(-c2ccccc2)c(N)c1C(=O)OC. The molecule has 2 N–H and O–H groups in total. The maximum absolute atomic E-state index is 11.8. The molecule has 19 heavy (non-hydrogen) atoms. The van der Waals surface area contributed by atoms with E-state index in [1.54, 1.807) is 4.68 Å². The molecule has 0 saturated carbocycles. The van der Waals surface area contributed by atoms with E-state index in [9.17, 15) is 4.79 Å². The van der Waals surface area contributed by atoms with Crippen molar-refractivity contribution in [3.63, 3.8) is 0 Å². The van der Waals surface area contributed by atoms with E-state index in [1.807, 2.05) is 37.3 Å². The van der Waals surface area contributed by atoms with Crippen molar-refractivity contribution < 1.29 is 9.53 Å². The number of ether oxygens (including phenoxy) is 1. The van der Waals surface area contributed by atoms with Crippen molar-refractivity contribution in [1.82, 2.24) is 9.78 Å². The topological polar surface area (TPSA) is 70.1 Å². The number of nitrogen functional groups attached to an aromatic ring is 1. The van der Waals surface area contributed by atoms with Gasteiger partial charge in [0.1, 0.15) is 16.4 Å². The van der Waals surface area contributed by atoms with E-state index in [1.165, 1.54) is 18.9 Å². The molecule has 100 valence electrons. The van der Waals surface area contributed by atoms with Crippen molar-refractivity contribution in [2.45, 2.75) is 11.9 Å². The van der Waals surface area contributed by atoms with Gasteiger partial charge in [-0.3, -0.25) is 0 Å². The number of para-hydroxylation sites is 1. The first-order chi connectivity index (χ1) is 9.19. The highest BCUT2D eigenvalue weighted by Crippen LogP contribution is 2.29. The Bertz CT molecular complexity index is 581. The van der Waals surface area contributed by atoms with Gasteiger partial charge in [0.2, 0.25) is 0 Å². The van der Waals surface area contributed by atoms with Crippen LogP contribution in [0.3, 0.4) is 0 Å². The van der Waals surface area contributed by atoms with Crippen LogP contribution in [0.4, 0.5) is 5.82 Å². The summed E-state index contributed by atoms with van der Waals surface area (Å²) in [7, 11) is 1.34. The Kier molecular flexibility index (Phi) is 4.11. The van der Waals surface area contributed by atoms with Crippen LogP contribution >= 0.6 is 11.8 Å². The average Bonchev–Trinajstić information content (AvgIpc) is 2.76. The van der Waals surface area contributed by atoms with Gasteiger partial charge in [-0.1, -0.05) is 25.1 Å². The molecule has 0 unspecified atom stereocenters. The smallest absolute Gasteiger partial charge is 0.344 e. The van der Waals surface area contributed by atoms with Gasteiger partial charge in [-0.05, 0) is 17.9 Å². The van der Waals surface area contributed by atoms with Gasteiger partial charge >= 0.3 is 5.97 Å². The normalized spacial score (nSPS) is 10.4. The van der Waals surface area contributed by atoms with Crippen LogP contribution in [0.25, 0.3) is 5.69 Å². The quantitative estimate of drug-likeness (QED) is 0.686. The maximum atomic E-state index is 11.8. The summed E-state index contributed by atoms with van der Waals surface area (Å²) in [5.41, 5.74) is 7.17. The predicted molar refractivity (Wildman–Crippen MR) is 75.7 cm³/mol. The number of anilines is 1. The lowest BCUT2D eigenvalue weighted by molar-refractivity contribution is 0.0598. The number of carbonyl (C=O) groups excluding carboxylic acids is 1. The highest BCUT2D eigenvalue weighted by atomic mass is 32.2. The molecule has 0 aliphatic heterocycles. The van der Waals surface area contributed by atoms with Gasteiger partial charge in [0.05, 0.1) is 12.8 Å². The molecule has 0 atom stereocenters. The molecule has 0 bridgehead atoms. The molecule has 6 heteroatoms. The fourth-order valence-corrected chi connectivity index (χ4v) is 2.45. The van der Waals surface area contributed by atoms with Crippen molar-refractivity contribution in [3.05, 3.63) is 35.9 Å². The van der Waals surface area contributed by atoms with Gasteiger partial charge < -0.3 is 10.5 Å². The van der Waals surface area contributed by atoms with Crippen LogP contribution in [0.1, 0.15) is 17.3 Å². The van der Waals surface area contributed by atoms with E-state index >= 15 is 0 Å². The first-order valence-corrected chi connectivity index (χ1v) is 6.82. The number of methoxy groups -OCH3 is 1. The lowest BCUT2D eigenvalue weighted by atomic mass is 10.3. The van der Waals surface area contributed by atoms with Gasteiger partial charge in [-0.25, -0.2) is 9.48 Å². The fraction of sp³-hybridized carbons (Fsp3) is 0.231. The van der Waals surface area contributed by atoms with Crippen molar-refractivity contribution in [3.8, 4) is 5.69 Å². The Morgan fingerprint density at radius 3 is 2.68 bits per heavy atom. The van der Waals surface area contributed by atoms with Crippen molar-refractivity contribution in [2.75, 3.05) is 18.6 Å². The summed E-state index contributed by atoms with van der Waals surface area (Å²) in [5, 5.41) is 4.99. The van der Waals surface area contributed by atoms with Gasteiger partial charge in [0.25, 0.3) is 0 Å². The molecule has 1 heterocycles. The number of thioether (sulfide) groups is 1. The second-order valence-corrected chi connectivity index (χ2v) is 4.99. The predicted octanol–water partition coefficient (Wildman–Crippen LogP) is 2.35. The van der Waals surface area contributed by atoms with E-state index in [4.69, 9.17) is 10.5 Å². The van der Waals surface area contributed by atoms with E-state index in [2.05, 4.69) is 5.10 Å². The Morgan fingerprint density at radius 1 is 1.42 bits per heavy atom. The van der Waals surface area contributed by atoms with Gasteiger partial charge in [-0.15, -0.1) is 11.8 Å². The van der Waals surface area contributed by atoms with Crippen LogP contribution in [0, 0.1) is 0 Å². The third-order valence-corrected chi connectivity index (χ3v) is 3.41. The standard InChI is InChI=1S/C13H15N3O2S/c1-3-19-12-10(13(17)18-2)11(14)16(15-12)9-7-5-4-6-8-9/h4-8H,3,14H2,1-2H3. The number of aromatic nitrogens is 2. The second kappa shape index (κ2) is 5.79. The summed E-state index contributed by atoms with van der Waals surface area (Å²) in [6.45, 7) is 1.99. The Hall–Kier alpha value is -1.95. The molecule has 0 amide bonds. The van der Waals surface area contributed by atoms with Gasteiger partial charge in [0, 0.05) is 0 Å². The second-order valence-electron chi connectivity index (χ2n) is 3.74. The third kappa shape index (κ3) is 2.58. The minimum absolute atomic E-state index is 0.300. The zero-order chi connectivity index (χ0) is 13.8. The summed E-state index contributed by atoms with van der Waals surface area (Å²) >= 11 is 1.46. The highest BCUT2D eigenvalue weighted by molar-refractivity contribution is 7.99. The van der Waals surface area contributed by atoms with Crippen LogP contribution in [0.2, 0.25) is 0 Å². The average molecular weight is 277 g/mol. The third-order valence-electron chi connectivity index (χ3n) is 2.56. The van der Waals surface area contributed by atoms with E-state index < -0.39 is 5.97 Å².